The average Bonchev–Trinajstić information content (AvgIpc) is 2.70. The van der Waals surface area contributed by atoms with E-state index in [0.717, 1.165) is 51.6 Å². The first kappa shape index (κ1) is 14.4. The van der Waals surface area contributed by atoms with Crippen molar-refractivity contribution in [3.05, 3.63) is 0 Å². The van der Waals surface area contributed by atoms with Crippen molar-refractivity contribution < 1.29 is 9.90 Å². The van der Waals surface area contributed by atoms with Crippen LogP contribution in [0.25, 0.3) is 0 Å². The second-order valence-corrected chi connectivity index (χ2v) is 5.19. The van der Waals surface area contributed by atoms with Crippen molar-refractivity contribution in [1.29, 1.82) is 0 Å². The van der Waals surface area contributed by atoms with Crippen molar-refractivity contribution in [2.75, 3.05) is 20.1 Å². The molecule has 0 aromatic rings. The maximum Gasteiger partial charge on any atom is 0.233 e. The van der Waals surface area contributed by atoms with Gasteiger partial charge in [-0.25, -0.2) is 5.84 Å². The van der Waals surface area contributed by atoms with Gasteiger partial charge in [0.1, 0.15) is 0 Å². The number of aliphatic hydroxyl groups is 1. The van der Waals surface area contributed by atoms with Crippen LogP contribution in [0.4, 0.5) is 0 Å². The fourth-order valence-electron chi connectivity index (χ4n) is 2.51. The van der Waals surface area contributed by atoms with Gasteiger partial charge in [-0.1, -0.05) is 12.8 Å². The molecule has 5 nitrogen and oxygen atoms in total. The number of carbonyl (C=O) groups excluding carboxylic acids is 1. The second-order valence-electron chi connectivity index (χ2n) is 5.19. The van der Waals surface area contributed by atoms with Gasteiger partial charge in [0, 0.05) is 13.0 Å². The van der Waals surface area contributed by atoms with Crippen LogP contribution in [0.2, 0.25) is 0 Å². The number of hydrogen-bond acceptors (Lipinski definition) is 4. The molecule has 0 radical (unpaired) electrons. The minimum atomic E-state index is -0.469. The minimum Gasteiger partial charge on any atom is -0.389 e. The molecule has 1 aliphatic rings. The number of carbonyl (C=O) groups is 1. The molecule has 0 saturated heterocycles. The zero-order chi connectivity index (χ0) is 12.7. The lowest BCUT2D eigenvalue weighted by Crippen LogP contribution is -2.39. The Morgan fingerprint density at radius 2 is 2.06 bits per heavy atom. The Hall–Kier alpha value is -0.650. The molecule has 0 spiro atoms. The van der Waals surface area contributed by atoms with Crippen molar-refractivity contribution in [1.82, 2.24) is 10.3 Å². The highest BCUT2D eigenvalue weighted by Gasteiger charge is 2.31. The van der Waals surface area contributed by atoms with Crippen LogP contribution < -0.4 is 11.3 Å². The van der Waals surface area contributed by atoms with Crippen LogP contribution in [0.15, 0.2) is 0 Å². The van der Waals surface area contributed by atoms with Crippen LogP contribution in [0, 0.1) is 0 Å². The number of hydrazine groups is 1. The second kappa shape index (κ2) is 6.93. The third kappa shape index (κ3) is 5.48. The molecule has 0 aliphatic heterocycles. The summed E-state index contributed by atoms with van der Waals surface area (Å²) in [5, 5.41) is 10.2. The number of likely N-dealkylation sites (N-methyl/N-ethyl adjacent to an activating group) is 1. The molecule has 4 N–H and O–H groups in total. The Kier molecular flexibility index (Phi) is 5.88. The lowest BCUT2D eigenvalue weighted by molar-refractivity contribution is -0.121. The SMILES string of the molecule is CN(CCCCC(=O)NN)CC1(O)CCCC1. The predicted molar refractivity (Wildman–Crippen MR) is 67.1 cm³/mol. The highest BCUT2D eigenvalue weighted by molar-refractivity contribution is 5.75. The first-order chi connectivity index (χ1) is 8.06. The van der Waals surface area contributed by atoms with Crippen LogP contribution in [0.3, 0.4) is 0 Å². The van der Waals surface area contributed by atoms with E-state index in [0.29, 0.717) is 6.42 Å². The zero-order valence-corrected chi connectivity index (χ0v) is 10.7. The summed E-state index contributed by atoms with van der Waals surface area (Å²) in [5.41, 5.74) is 1.66. The quantitative estimate of drug-likeness (QED) is 0.261. The Morgan fingerprint density at radius 3 is 2.65 bits per heavy atom. The van der Waals surface area contributed by atoms with E-state index in [1.807, 2.05) is 7.05 Å². The molecule has 1 saturated carbocycles. The van der Waals surface area contributed by atoms with E-state index in [-0.39, 0.29) is 5.91 Å². The maximum absolute atomic E-state index is 10.9. The normalized spacial score (nSPS) is 18.6. The molecule has 0 heterocycles. The van der Waals surface area contributed by atoms with Crippen molar-refractivity contribution >= 4 is 5.91 Å². The molecule has 1 rings (SSSR count). The molecule has 0 bridgehead atoms. The van der Waals surface area contributed by atoms with Gasteiger partial charge in [0.05, 0.1) is 5.60 Å². The van der Waals surface area contributed by atoms with Crippen LogP contribution in [-0.4, -0.2) is 41.7 Å². The fraction of sp³-hybridized carbons (Fsp3) is 0.917. The third-order valence-corrected chi connectivity index (χ3v) is 3.45. The molecule has 1 amide bonds. The number of nitrogens with one attached hydrogen (secondary N) is 1. The first-order valence-electron chi connectivity index (χ1n) is 6.46. The molecule has 0 unspecified atom stereocenters. The topological polar surface area (TPSA) is 78.6 Å². The van der Waals surface area contributed by atoms with Gasteiger partial charge in [0.15, 0.2) is 0 Å². The maximum atomic E-state index is 10.9. The molecular formula is C12H25N3O2. The van der Waals surface area contributed by atoms with Gasteiger partial charge in [0.25, 0.3) is 0 Å². The molecule has 17 heavy (non-hydrogen) atoms. The first-order valence-corrected chi connectivity index (χ1v) is 6.46. The lowest BCUT2D eigenvalue weighted by Gasteiger charge is -2.28. The molecule has 0 aromatic carbocycles. The highest BCUT2D eigenvalue weighted by atomic mass is 16.3. The molecule has 0 atom stereocenters. The minimum absolute atomic E-state index is 0.109. The molecular weight excluding hydrogens is 218 g/mol. The summed E-state index contributed by atoms with van der Waals surface area (Å²) >= 11 is 0. The number of nitrogens with two attached hydrogens (primary N) is 1. The molecule has 5 heteroatoms. The van der Waals surface area contributed by atoms with Gasteiger partial charge in [0.2, 0.25) is 5.91 Å². The summed E-state index contributed by atoms with van der Waals surface area (Å²) < 4.78 is 0. The highest BCUT2D eigenvalue weighted by Crippen LogP contribution is 2.29. The Morgan fingerprint density at radius 1 is 1.41 bits per heavy atom. The summed E-state index contributed by atoms with van der Waals surface area (Å²) in [4.78, 5) is 13.1. The largest absolute Gasteiger partial charge is 0.389 e. The predicted octanol–water partition coefficient (Wildman–Crippen LogP) is 0.384. The summed E-state index contributed by atoms with van der Waals surface area (Å²) in [6.45, 7) is 1.66. The summed E-state index contributed by atoms with van der Waals surface area (Å²) in [6.07, 6.45) is 6.41. The Bertz CT molecular complexity index is 240. The van der Waals surface area contributed by atoms with Gasteiger partial charge in [-0.15, -0.1) is 0 Å². The average molecular weight is 243 g/mol. The van der Waals surface area contributed by atoms with Gasteiger partial charge in [-0.2, -0.15) is 0 Å². The zero-order valence-electron chi connectivity index (χ0n) is 10.7. The van der Waals surface area contributed by atoms with Crippen molar-refractivity contribution in [2.45, 2.75) is 50.5 Å². The van der Waals surface area contributed by atoms with Gasteiger partial charge in [-0.3, -0.25) is 10.2 Å². The Labute approximate surface area is 103 Å². The third-order valence-electron chi connectivity index (χ3n) is 3.45. The number of hydrogen-bond donors (Lipinski definition) is 3. The molecule has 100 valence electrons. The number of amides is 1. The van der Waals surface area contributed by atoms with Gasteiger partial charge >= 0.3 is 0 Å². The van der Waals surface area contributed by atoms with E-state index < -0.39 is 5.60 Å². The number of unbranched alkanes of at least 4 members (excludes halogenated alkanes) is 1. The summed E-state index contributed by atoms with van der Waals surface area (Å²) in [5.74, 6) is 4.89. The molecule has 1 aliphatic carbocycles. The molecule has 1 fully saturated rings. The van der Waals surface area contributed by atoms with Crippen LogP contribution in [-0.2, 0) is 4.79 Å². The van der Waals surface area contributed by atoms with Crippen molar-refractivity contribution in [3.63, 3.8) is 0 Å². The van der Waals surface area contributed by atoms with Gasteiger partial charge < -0.3 is 10.0 Å². The van der Waals surface area contributed by atoms with Crippen LogP contribution in [0.1, 0.15) is 44.9 Å². The van der Waals surface area contributed by atoms with Crippen molar-refractivity contribution in [2.24, 2.45) is 5.84 Å². The van der Waals surface area contributed by atoms with Gasteiger partial charge in [-0.05, 0) is 39.3 Å². The lowest BCUT2D eigenvalue weighted by atomic mass is 10.0. The molecule has 0 aromatic heterocycles. The standard InChI is InChI=1S/C12H25N3O2/c1-15(9-5-2-6-11(16)14-13)10-12(17)7-3-4-8-12/h17H,2-10,13H2,1H3,(H,14,16). The van der Waals surface area contributed by atoms with E-state index in [2.05, 4.69) is 10.3 Å². The summed E-state index contributed by atoms with van der Waals surface area (Å²) in [6, 6.07) is 0. The smallest absolute Gasteiger partial charge is 0.233 e. The number of rotatable bonds is 7. The van der Waals surface area contributed by atoms with E-state index in [4.69, 9.17) is 5.84 Å². The Balaban J connectivity index is 2.08. The van der Waals surface area contributed by atoms with E-state index >= 15 is 0 Å². The summed E-state index contributed by atoms with van der Waals surface area (Å²) in [7, 11) is 2.03. The van der Waals surface area contributed by atoms with Crippen molar-refractivity contribution in [3.8, 4) is 0 Å². The fourth-order valence-corrected chi connectivity index (χ4v) is 2.51. The van der Waals surface area contributed by atoms with E-state index in [1.165, 1.54) is 0 Å². The van der Waals surface area contributed by atoms with Crippen LogP contribution >= 0.6 is 0 Å². The monoisotopic (exact) mass is 243 g/mol. The van der Waals surface area contributed by atoms with E-state index in [9.17, 15) is 9.90 Å². The van der Waals surface area contributed by atoms with E-state index in [1.54, 1.807) is 0 Å². The number of nitrogens with zero attached hydrogens (tertiary/aromatic N) is 1. The van der Waals surface area contributed by atoms with Crippen LogP contribution in [0.5, 0.6) is 0 Å².